The third-order valence-corrected chi connectivity index (χ3v) is 4.48. The lowest BCUT2D eigenvalue weighted by Crippen LogP contribution is -2.32. The SMILES string of the molecule is CCOC1CC(CC(O)c2sccc2C)C1. The first kappa shape index (κ1) is 12.1. The standard InChI is InChI=1S/C13H20O2S/c1-3-15-11-6-10(7-11)8-12(14)13-9(2)4-5-16-13/h4-5,10-12,14H,3,6-8H2,1-2H3. The van der Waals surface area contributed by atoms with Crippen molar-refractivity contribution in [1.29, 1.82) is 0 Å². The first-order valence-corrected chi connectivity index (χ1v) is 6.92. The highest BCUT2D eigenvalue weighted by atomic mass is 32.1. The van der Waals surface area contributed by atoms with Gasteiger partial charge >= 0.3 is 0 Å². The van der Waals surface area contributed by atoms with Crippen LogP contribution in [0.1, 0.15) is 42.7 Å². The van der Waals surface area contributed by atoms with Crippen molar-refractivity contribution >= 4 is 11.3 Å². The summed E-state index contributed by atoms with van der Waals surface area (Å²) in [5.74, 6) is 0.646. The maximum Gasteiger partial charge on any atom is 0.0887 e. The summed E-state index contributed by atoms with van der Waals surface area (Å²) in [7, 11) is 0. The maximum absolute atomic E-state index is 10.1. The predicted octanol–water partition coefficient (Wildman–Crippen LogP) is 3.30. The number of aliphatic hydroxyl groups excluding tert-OH is 1. The highest BCUT2D eigenvalue weighted by Crippen LogP contribution is 2.38. The molecule has 1 fully saturated rings. The number of thiophene rings is 1. The number of hydrogen-bond acceptors (Lipinski definition) is 3. The number of aryl methyl sites for hydroxylation is 1. The molecule has 16 heavy (non-hydrogen) atoms. The molecule has 90 valence electrons. The molecule has 1 unspecified atom stereocenters. The minimum atomic E-state index is -0.271. The first-order chi connectivity index (χ1) is 7.70. The fourth-order valence-electron chi connectivity index (χ4n) is 2.39. The lowest BCUT2D eigenvalue weighted by molar-refractivity contribution is -0.0377. The van der Waals surface area contributed by atoms with Crippen LogP contribution in [0.5, 0.6) is 0 Å². The molecule has 0 amide bonds. The largest absolute Gasteiger partial charge is 0.388 e. The molecule has 1 saturated carbocycles. The van der Waals surface area contributed by atoms with Crippen molar-refractivity contribution in [3.8, 4) is 0 Å². The Morgan fingerprint density at radius 2 is 2.31 bits per heavy atom. The topological polar surface area (TPSA) is 29.5 Å². The Morgan fingerprint density at radius 3 is 2.88 bits per heavy atom. The van der Waals surface area contributed by atoms with Crippen molar-refractivity contribution in [2.45, 2.75) is 45.3 Å². The molecule has 0 aliphatic heterocycles. The molecule has 1 heterocycles. The molecule has 0 saturated heterocycles. The van der Waals surface area contributed by atoms with Gasteiger partial charge < -0.3 is 9.84 Å². The van der Waals surface area contributed by atoms with Gasteiger partial charge in [-0.3, -0.25) is 0 Å². The van der Waals surface area contributed by atoms with Gasteiger partial charge in [0, 0.05) is 11.5 Å². The van der Waals surface area contributed by atoms with E-state index < -0.39 is 0 Å². The molecule has 2 nitrogen and oxygen atoms in total. The fraction of sp³-hybridized carbons (Fsp3) is 0.692. The molecule has 1 N–H and O–H groups in total. The lowest BCUT2D eigenvalue weighted by atomic mass is 9.78. The summed E-state index contributed by atoms with van der Waals surface area (Å²) in [6.45, 7) is 4.92. The zero-order chi connectivity index (χ0) is 11.5. The molecule has 0 aromatic carbocycles. The summed E-state index contributed by atoms with van der Waals surface area (Å²) in [5, 5.41) is 12.2. The Hall–Kier alpha value is -0.380. The third kappa shape index (κ3) is 2.65. The van der Waals surface area contributed by atoms with Crippen LogP contribution in [0.2, 0.25) is 0 Å². The van der Waals surface area contributed by atoms with Crippen LogP contribution in [-0.2, 0) is 4.74 Å². The molecule has 1 aromatic rings. The highest BCUT2D eigenvalue weighted by molar-refractivity contribution is 7.10. The summed E-state index contributed by atoms with van der Waals surface area (Å²) in [6.07, 6.45) is 3.31. The van der Waals surface area contributed by atoms with E-state index in [1.807, 2.05) is 6.92 Å². The molecule has 0 spiro atoms. The summed E-state index contributed by atoms with van der Waals surface area (Å²) < 4.78 is 5.53. The highest BCUT2D eigenvalue weighted by Gasteiger charge is 2.31. The fourth-order valence-corrected chi connectivity index (χ4v) is 3.31. The van der Waals surface area contributed by atoms with Crippen LogP contribution in [0, 0.1) is 12.8 Å². The lowest BCUT2D eigenvalue weighted by Gasteiger charge is -2.36. The second-order valence-electron chi connectivity index (χ2n) is 4.63. The quantitative estimate of drug-likeness (QED) is 0.855. The van der Waals surface area contributed by atoms with Crippen LogP contribution < -0.4 is 0 Å². The molecule has 1 aliphatic rings. The van der Waals surface area contributed by atoms with Crippen LogP contribution in [0.4, 0.5) is 0 Å². The van der Waals surface area contributed by atoms with Crippen molar-refractivity contribution in [3.63, 3.8) is 0 Å². The van der Waals surface area contributed by atoms with Gasteiger partial charge in [-0.25, -0.2) is 0 Å². The van der Waals surface area contributed by atoms with E-state index >= 15 is 0 Å². The first-order valence-electron chi connectivity index (χ1n) is 6.04. The van der Waals surface area contributed by atoms with E-state index in [4.69, 9.17) is 4.74 Å². The number of ether oxygens (including phenoxy) is 1. The molecule has 1 atom stereocenters. The Morgan fingerprint density at radius 1 is 1.56 bits per heavy atom. The van der Waals surface area contributed by atoms with Crippen molar-refractivity contribution in [1.82, 2.24) is 0 Å². The summed E-state index contributed by atoms with van der Waals surface area (Å²) in [4.78, 5) is 1.14. The molecular weight excluding hydrogens is 220 g/mol. The monoisotopic (exact) mass is 240 g/mol. The summed E-state index contributed by atoms with van der Waals surface area (Å²) in [5.41, 5.74) is 1.22. The number of hydrogen-bond donors (Lipinski definition) is 1. The van der Waals surface area contributed by atoms with Gasteiger partial charge in [-0.2, -0.15) is 0 Å². The van der Waals surface area contributed by atoms with Crippen LogP contribution in [0.25, 0.3) is 0 Å². The smallest absolute Gasteiger partial charge is 0.0887 e. The zero-order valence-electron chi connectivity index (χ0n) is 9.98. The minimum absolute atomic E-state index is 0.271. The van der Waals surface area contributed by atoms with Gasteiger partial charge in [-0.15, -0.1) is 11.3 Å². The van der Waals surface area contributed by atoms with E-state index in [-0.39, 0.29) is 6.10 Å². The molecule has 2 rings (SSSR count). The van der Waals surface area contributed by atoms with Crippen LogP contribution in [0.15, 0.2) is 11.4 Å². The van der Waals surface area contributed by atoms with E-state index in [9.17, 15) is 5.11 Å². The predicted molar refractivity (Wildman–Crippen MR) is 66.8 cm³/mol. The van der Waals surface area contributed by atoms with Gasteiger partial charge in [0.15, 0.2) is 0 Å². The van der Waals surface area contributed by atoms with Crippen molar-refractivity contribution in [2.75, 3.05) is 6.61 Å². The molecule has 0 radical (unpaired) electrons. The van der Waals surface area contributed by atoms with Crippen LogP contribution >= 0.6 is 11.3 Å². The second-order valence-corrected chi connectivity index (χ2v) is 5.58. The molecule has 3 heteroatoms. The Labute approximate surface area is 101 Å². The molecular formula is C13H20O2S. The van der Waals surface area contributed by atoms with E-state index in [0.29, 0.717) is 12.0 Å². The van der Waals surface area contributed by atoms with E-state index in [1.165, 1.54) is 5.56 Å². The molecule has 1 aromatic heterocycles. The van der Waals surface area contributed by atoms with Crippen molar-refractivity contribution in [3.05, 3.63) is 21.9 Å². The normalized spacial score (nSPS) is 26.4. The van der Waals surface area contributed by atoms with Crippen molar-refractivity contribution in [2.24, 2.45) is 5.92 Å². The van der Waals surface area contributed by atoms with Crippen LogP contribution in [-0.4, -0.2) is 17.8 Å². The van der Waals surface area contributed by atoms with Gasteiger partial charge in [0.1, 0.15) is 0 Å². The van der Waals surface area contributed by atoms with Gasteiger partial charge in [-0.1, -0.05) is 0 Å². The van der Waals surface area contributed by atoms with Gasteiger partial charge in [-0.05, 0) is 56.0 Å². The third-order valence-electron chi connectivity index (χ3n) is 3.36. The van der Waals surface area contributed by atoms with Crippen molar-refractivity contribution < 1.29 is 9.84 Å². The average Bonchev–Trinajstić information content (AvgIpc) is 2.61. The van der Waals surface area contributed by atoms with Gasteiger partial charge in [0.25, 0.3) is 0 Å². The van der Waals surface area contributed by atoms with Crippen LogP contribution in [0.3, 0.4) is 0 Å². The van der Waals surface area contributed by atoms with Gasteiger partial charge in [0.2, 0.25) is 0 Å². The average molecular weight is 240 g/mol. The van der Waals surface area contributed by atoms with E-state index in [0.717, 1.165) is 30.7 Å². The number of aliphatic hydroxyl groups is 1. The molecule has 0 bridgehead atoms. The maximum atomic E-state index is 10.1. The van der Waals surface area contributed by atoms with E-state index in [2.05, 4.69) is 18.4 Å². The second kappa shape index (κ2) is 5.30. The Bertz CT molecular complexity index is 328. The Balaban J connectivity index is 1.77. The molecule has 1 aliphatic carbocycles. The Kier molecular flexibility index (Phi) is 4.00. The van der Waals surface area contributed by atoms with E-state index in [1.54, 1.807) is 11.3 Å². The minimum Gasteiger partial charge on any atom is -0.388 e. The summed E-state index contributed by atoms with van der Waals surface area (Å²) >= 11 is 1.66. The summed E-state index contributed by atoms with van der Waals surface area (Å²) in [6, 6.07) is 2.08. The van der Waals surface area contributed by atoms with Gasteiger partial charge in [0.05, 0.1) is 12.2 Å². The number of rotatable bonds is 5. The zero-order valence-corrected chi connectivity index (χ0v) is 10.8.